The van der Waals surface area contributed by atoms with Gasteiger partial charge in [-0.3, -0.25) is 4.79 Å². The first-order valence-corrected chi connectivity index (χ1v) is 10.5. The Morgan fingerprint density at radius 2 is 2.28 bits per heavy atom. The second kappa shape index (κ2) is 8.92. The molecule has 3 rings (SSSR count). The summed E-state index contributed by atoms with van der Waals surface area (Å²) in [5, 5.41) is 31.8. The predicted octanol–water partition coefficient (Wildman–Crippen LogP) is 0.701. The normalized spacial score (nSPS) is 21.8. The molecule has 2 aromatic heterocycles. The highest BCUT2D eigenvalue weighted by Gasteiger charge is 2.34. The van der Waals surface area contributed by atoms with Gasteiger partial charge >= 0.3 is 0 Å². The molecule has 1 aliphatic heterocycles. The van der Waals surface area contributed by atoms with Crippen molar-refractivity contribution in [1.82, 2.24) is 25.5 Å². The van der Waals surface area contributed by atoms with Gasteiger partial charge in [0.05, 0.1) is 24.4 Å². The third-order valence-corrected chi connectivity index (χ3v) is 6.48. The smallest absolute Gasteiger partial charge is 0.287 e. The van der Waals surface area contributed by atoms with Crippen LogP contribution in [0.5, 0.6) is 0 Å². The van der Waals surface area contributed by atoms with Crippen LogP contribution in [0.4, 0.5) is 5.13 Å². The van der Waals surface area contributed by atoms with E-state index in [0.29, 0.717) is 41.2 Å². The van der Waals surface area contributed by atoms with Crippen molar-refractivity contribution in [2.45, 2.75) is 44.4 Å². The Balaban J connectivity index is 1.65. The number of piperidine rings is 1. The summed E-state index contributed by atoms with van der Waals surface area (Å²) in [5.41, 5.74) is -0.703. The Kier molecular flexibility index (Phi) is 6.74. The molecule has 0 radical (unpaired) electrons. The van der Waals surface area contributed by atoms with E-state index in [1.165, 1.54) is 18.3 Å². The van der Waals surface area contributed by atoms with E-state index in [1.807, 2.05) is 11.8 Å². The number of nitrogens with zero attached hydrogens (tertiary/aromatic N) is 4. The molecular weight excluding hydrogens is 420 g/mol. The van der Waals surface area contributed by atoms with Gasteiger partial charge in [-0.2, -0.15) is 0 Å². The minimum absolute atomic E-state index is 0.184. The van der Waals surface area contributed by atoms with Crippen LogP contribution >= 0.6 is 22.9 Å². The second-order valence-electron chi connectivity index (χ2n) is 7.12. The molecule has 3 atom stereocenters. The molecule has 0 aromatic carbocycles. The van der Waals surface area contributed by atoms with Crippen molar-refractivity contribution in [3.8, 4) is 0 Å². The molecular formula is C17H25ClN6O4S. The van der Waals surface area contributed by atoms with E-state index in [4.69, 9.17) is 16.3 Å². The number of aliphatic hydroxyl groups is 2. The van der Waals surface area contributed by atoms with Crippen LogP contribution in [0, 0.1) is 0 Å². The van der Waals surface area contributed by atoms with Crippen molar-refractivity contribution in [2.24, 2.45) is 0 Å². The molecule has 1 fully saturated rings. The van der Waals surface area contributed by atoms with Crippen LogP contribution in [0.15, 0.2) is 0 Å². The molecule has 1 saturated heterocycles. The summed E-state index contributed by atoms with van der Waals surface area (Å²) in [7, 11) is 1.59. The quantitative estimate of drug-likeness (QED) is 0.490. The number of hydrogen-bond acceptors (Lipinski definition) is 9. The average Bonchev–Trinajstić information content (AvgIpc) is 3.35. The fourth-order valence-corrected chi connectivity index (χ4v) is 4.27. The number of ether oxygens (including phenoxy) is 1. The number of aromatic amines is 1. The van der Waals surface area contributed by atoms with Crippen molar-refractivity contribution in [3.63, 3.8) is 0 Å². The summed E-state index contributed by atoms with van der Waals surface area (Å²) in [6.45, 7) is 4.10. The molecule has 4 N–H and O–H groups in total. The van der Waals surface area contributed by atoms with Gasteiger partial charge in [-0.05, 0) is 19.8 Å². The van der Waals surface area contributed by atoms with Crippen LogP contribution < -0.4 is 10.2 Å². The molecule has 10 nitrogen and oxygen atoms in total. The maximum absolute atomic E-state index is 12.5. The van der Waals surface area contributed by atoms with Crippen molar-refractivity contribution in [1.29, 1.82) is 0 Å². The van der Waals surface area contributed by atoms with E-state index in [1.54, 1.807) is 7.11 Å². The Morgan fingerprint density at radius 1 is 1.52 bits per heavy atom. The molecule has 29 heavy (non-hydrogen) atoms. The number of carbonyl (C=O) groups excluding carboxylic acids is 1. The van der Waals surface area contributed by atoms with Gasteiger partial charge < -0.3 is 30.2 Å². The lowest BCUT2D eigenvalue weighted by molar-refractivity contribution is -0.00294. The van der Waals surface area contributed by atoms with Crippen LogP contribution in [0.1, 0.15) is 41.6 Å². The van der Waals surface area contributed by atoms with E-state index in [9.17, 15) is 15.0 Å². The minimum Gasteiger partial charge on any atom is -0.393 e. The maximum atomic E-state index is 12.5. The molecule has 0 saturated carbocycles. The van der Waals surface area contributed by atoms with Gasteiger partial charge in [0.15, 0.2) is 16.0 Å². The summed E-state index contributed by atoms with van der Waals surface area (Å²) in [5.74, 6) is -0.145. The van der Waals surface area contributed by atoms with Gasteiger partial charge in [0.25, 0.3) is 5.91 Å². The minimum atomic E-state index is -1.43. The molecule has 1 aliphatic rings. The number of aromatic nitrogens is 4. The highest BCUT2D eigenvalue weighted by atomic mass is 35.5. The highest BCUT2D eigenvalue weighted by Crippen LogP contribution is 2.30. The number of aliphatic hydroxyl groups excluding tert-OH is 1. The summed E-state index contributed by atoms with van der Waals surface area (Å²) in [4.78, 5) is 21.6. The molecule has 2 aromatic rings. The van der Waals surface area contributed by atoms with Crippen LogP contribution in [-0.2, 0) is 16.8 Å². The number of methoxy groups -OCH3 is 1. The van der Waals surface area contributed by atoms with Crippen molar-refractivity contribution < 1.29 is 19.7 Å². The second-order valence-corrected chi connectivity index (χ2v) is 8.43. The molecule has 0 bridgehead atoms. The molecule has 12 heteroatoms. The Bertz CT molecular complexity index is 857. The Hall–Kier alpha value is -1.79. The predicted molar refractivity (Wildman–Crippen MR) is 108 cm³/mol. The van der Waals surface area contributed by atoms with E-state index in [2.05, 4.69) is 25.5 Å². The highest BCUT2D eigenvalue weighted by molar-refractivity contribution is 7.15. The van der Waals surface area contributed by atoms with E-state index >= 15 is 0 Å². The summed E-state index contributed by atoms with van der Waals surface area (Å²) < 4.78 is 5.59. The van der Waals surface area contributed by atoms with Gasteiger partial charge in [0.2, 0.25) is 5.13 Å². The lowest BCUT2D eigenvalue weighted by Crippen LogP contribution is -2.55. The number of halogens is 1. The number of imidazole rings is 1. The number of amides is 1. The number of hydrogen-bond donors (Lipinski definition) is 4. The first-order chi connectivity index (χ1) is 13.8. The number of rotatable bonds is 7. The van der Waals surface area contributed by atoms with Crippen LogP contribution in [0.2, 0.25) is 5.15 Å². The van der Waals surface area contributed by atoms with Gasteiger partial charge in [-0.15, -0.1) is 10.2 Å². The van der Waals surface area contributed by atoms with Crippen molar-refractivity contribution in [2.75, 3.05) is 31.7 Å². The van der Waals surface area contributed by atoms with Crippen molar-refractivity contribution in [3.05, 3.63) is 21.7 Å². The van der Waals surface area contributed by atoms with Gasteiger partial charge in [0, 0.05) is 20.2 Å². The molecule has 0 unspecified atom stereocenters. The zero-order chi connectivity index (χ0) is 21.2. The lowest BCUT2D eigenvalue weighted by atomic mass is 10.0. The van der Waals surface area contributed by atoms with Gasteiger partial charge in [-0.1, -0.05) is 29.9 Å². The zero-order valence-corrected chi connectivity index (χ0v) is 18.0. The first kappa shape index (κ1) is 21.9. The number of aryl methyl sites for hydroxylation is 1. The fraction of sp³-hybridized carbons (Fsp3) is 0.647. The third kappa shape index (κ3) is 4.69. The number of nitrogens with one attached hydrogen (secondary N) is 2. The largest absolute Gasteiger partial charge is 0.393 e. The lowest BCUT2D eigenvalue weighted by Gasteiger charge is -2.37. The van der Waals surface area contributed by atoms with E-state index in [-0.39, 0.29) is 23.9 Å². The Labute approximate surface area is 177 Å². The molecule has 160 valence electrons. The number of carbonyl (C=O) groups is 1. The number of anilines is 1. The number of H-pyrrole nitrogens is 1. The van der Waals surface area contributed by atoms with Gasteiger partial charge in [-0.25, -0.2) is 4.98 Å². The molecule has 0 spiro atoms. The summed E-state index contributed by atoms with van der Waals surface area (Å²) in [6, 6.07) is -0.203. The van der Waals surface area contributed by atoms with Gasteiger partial charge in [0.1, 0.15) is 5.60 Å². The molecule has 3 heterocycles. The third-order valence-electron chi connectivity index (χ3n) is 4.93. The van der Waals surface area contributed by atoms with Crippen LogP contribution in [0.3, 0.4) is 0 Å². The monoisotopic (exact) mass is 444 g/mol. The van der Waals surface area contributed by atoms with Crippen LogP contribution in [0.25, 0.3) is 0 Å². The SMILES string of the molecule is CCc1[nH]c(C(=O)N[C@@H]2CCN(c3nnc([C@](C)(O)CO)s3)C[C@@H]2OC)nc1Cl. The average molecular weight is 445 g/mol. The summed E-state index contributed by atoms with van der Waals surface area (Å²) in [6.07, 6.45) is 1.02. The topological polar surface area (TPSA) is 136 Å². The standard InChI is InChI=1S/C17H25ClN6O4S/c1-4-9-12(18)21-13(19-9)14(26)20-10-5-6-24(7-11(10)28-3)16-23-22-15(29-16)17(2,27)8-25/h10-11,25,27H,4-8H2,1-3H3,(H,19,21)(H,20,26)/t10-,11+,17-/m1/s1. The van der Waals surface area contributed by atoms with Crippen molar-refractivity contribution >= 4 is 34.0 Å². The first-order valence-electron chi connectivity index (χ1n) is 9.29. The zero-order valence-electron chi connectivity index (χ0n) is 16.5. The van der Waals surface area contributed by atoms with E-state index < -0.39 is 12.2 Å². The maximum Gasteiger partial charge on any atom is 0.287 e. The molecule has 0 aliphatic carbocycles. The fourth-order valence-electron chi connectivity index (χ4n) is 3.09. The molecule has 1 amide bonds. The van der Waals surface area contributed by atoms with E-state index in [0.717, 1.165) is 5.69 Å². The Morgan fingerprint density at radius 3 is 2.90 bits per heavy atom. The van der Waals surface area contributed by atoms with Crippen LogP contribution in [-0.4, -0.2) is 75.2 Å². The summed E-state index contributed by atoms with van der Waals surface area (Å²) >= 11 is 7.24.